The Morgan fingerprint density at radius 1 is 0.893 bits per heavy atom. The number of likely N-dealkylation sites (N-methyl/N-ethyl adjacent to an activating group) is 1. The molecule has 3 heterocycles. The van der Waals surface area contributed by atoms with Crippen LogP contribution in [0, 0.1) is 13.8 Å². The zero-order valence-electron chi connectivity index (χ0n) is 46.7. The van der Waals surface area contributed by atoms with Gasteiger partial charge in [0.25, 0.3) is 5.91 Å². The molecular formula is C57H85N7O10Si. The monoisotopic (exact) mass is 1060 g/mol. The molecule has 75 heavy (non-hydrogen) atoms. The molecule has 1 fully saturated rings. The molecule has 18 heteroatoms. The molecule has 0 radical (unpaired) electrons. The number of hydrogen-bond acceptors (Lipinski definition) is 13. The van der Waals surface area contributed by atoms with Gasteiger partial charge in [0, 0.05) is 92.4 Å². The van der Waals surface area contributed by atoms with Gasteiger partial charge in [-0.15, -0.1) is 0 Å². The molecule has 1 aliphatic carbocycles. The summed E-state index contributed by atoms with van der Waals surface area (Å²) in [5.41, 5.74) is 7.89. The third kappa shape index (κ3) is 15.6. The van der Waals surface area contributed by atoms with Crippen LogP contribution in [0.4, 0.5) is 15.3 Å². The average Bonchev–Trinajstić information content (AvgIpc) is 3.77. The number of nitrogens with one attached hydrogen (secondary N) is 4. The summed E-state index contributed by atoms with van der Waals surface area (Å²) in [6.45, 7) is 29.0. The summed E-state index contributed by atoms with van der Waals surface area (Å²) in [5.74, 6) is 0.490. The highest BCUT2D eigenvalue weighted by molar-refractivity contribution is 6.74. The fourth-order valence-electron chi connectivity index (χ4n) is 9.05. The third-order valence-corrected chi connectivity index (χ3v) is 18.8. The molecule has 4 N–H and O–H groups in total. The van der Waals surface area contributed by atoms with Gasteiger partial charge in [-0.05, 0) is 119 Å². The summed E-state index contributed by atoms with van der Waals surface area (Å²) in [5, 5.41) is 14.6. The van der Waals surface area contributed by atoms with E-state index in [2.05, 4.69) is 93.0 Å². The highest BCUT2D eigenvalue weighted by atomic mass is 28.4. The van der Waals surface area contributed by atoms with Crippen LogP contribution in [0.3, 0.4) is 0 Å². The van der Waals surface area contributed by atoms with Crippen LogP contribution >= 0.6 is 0 Å². The number of amides is 4. The van der Waals surface area contributed by atoms with Gasteiger partial charge in [-0.2, -0.15) is 0 Å². The zero-order chi connectivity index (χ0) is 54.3. The van der Waals surface area contributed by atoms with Gasteiger partial charge in [-0.25, -0.2) is 9.59 Å². The Bertz CT molecular complexity index is 2610. The van der Waals surface area contributed by atoms with Crippen molar-refractivity contribution in [2.24, 2.45) is 4.99 Å². The van der Waals surface area contributed by atoms with Gasteiger partial charge in [-0.1, -0.05) is 45.9 Å². The van der Waals surface area contributed by atoms with Crippen molar-refractivity contribution in [2.45, 2.75) is 131 Å². The Kier molecular flexibility index (Phi) is 21.7. The van der Waals surface area contributed by atoms with Gasteiger partial charge in [0.1, 0.15) is 30.3 Å². The maximum Gasteiger partial charge on any atom is 0.407 e. The van der Waals surface area contributed by atoms with Crippen molar-refractivity contribution in [3.8, 4) is 22.5 Å². The molecule has 0 aromatic heterocycles. The van der Waals surface area contributed by atoms with Gasteiger partial charge in [0.05, 0.1) is 50.5 Å². The molecule has 6 rings (SSSR count). The predicted molar refractivity (Wildman–Crippen MR) is 298 cm³/mol. The second kappa shape index (κ2) is 27.6. The highest BCUT2D eigenvalue weighted by Gasteiger charge is 2.46. The molecule has 2 aromatic rings. The maximum atomic E-state index is 14.1. The topological polar surface area (TPSA) is 187 Å². The van der Waals surface area contributed by atoms with E-state index in [-0.39, 0.29) is 54.7 Å². The average molecular weight is 1060 g/mol. The Labute approximate surface area is 445 Å². The van der Waals surface area contributed by atoms with Crippen molar-refractivity contribution in [2.75, 3.05) is 91.3 Å². The van der Waals surface area contributed by atoms with Crippen molar-refractivity contribution in [1.82, 2.24) is 25.8 Å². The van der Waals surface area contributed by atoms with Crippen LogP contribution < -0.4 is 26.6 Å². The Morgan fingerprint density at radius 3 is 2.27 bits per heavy atom. The van der Waals surface area contributed by atoms with Crippen molar-refractivity contribution < 1.29 is 46.9 Å². The number of alkyl carbamates (subject to hydrolysis) is 1. The van der Waals surface area contributed by atoms with Crippen molar-refractivity contribution in [1.29, 1.82) is 0 Å². The normalized spacial score (nSPS) is 18.4. The number of nitrogens with zero attached hydrogens (tertiary/aromatic N) is 3. The van der Waals surface area contributed by atoms with Gasteiger partial charge < -0.3 is 53.4 Å². The van der Waals surface area contributed by atoms with E-state index < -0.39 is 14.4 Å². The van der Waals surface area contributed by atoms with E-state index in [1.807, 2.05) is 63.4 Å². The molecule has 0 spiro atoms. The molecule has 4 atom stereocenters. The minimum Gasteiger partial charge on any atom is -0.456 e. The lowest BCUT2D eigenvalue weighted by atomic mass is 9.89. The number of fused-ring (bicyclic) bond motifs is 2. The molecule has 1 saturated heterocycles. The van der Waals surface area contributed by atoms with E-state index in [9.17, 15) is 14.4 Å². The van der Waals surface area contributed by atoms with Gasteiger partial charge in [-0.3, -0.25) is 20.0 Å². The molecule has 0 saturated carbocycles. The van der Waals surface area contributed by atoms with Crippen LogP contribution in [0.5, 0.6) is 0 Å². The number of anilines is 1. The number of aryl methyl sites for hydroxylation is 2. The fourth-order valence-corrected chi connectivity index (χ4v) is 10.4. The molecule has 0 bridgehead atoms. The van der Waals surface area contributed by atoms with E-state index >= 15 is 0 Å². The van der Waals surface area contributed by atoms with Gasteiger partial charge >= 0.3 is 12.1 Å². The number of benzene rings is 3. The van der Waals surface area contributed by atoms with Crippen molar-refractivity contribution in [3.63, 3.8) is 0 Å². The lowest BCUT2D eigenvalue weighted by Gasteiger charge is -2.39. The van der Waals surface area contributed by atoms with Crippen LogP contribution in [0.1, 0.15) is 95.6 Å². The van der Waals surface area contributed by atoms with E-state index in [0.717, 1.165) is 69.2 Å². The first-order valence-electron chi connectivity index (χ1n) is 27.0. The summed E-state index contributed by atoms with van der Waals surface area (Å²) in [4.78, 5) is 47.8. The molecular weight excluding hydrogens is 971 g/mol. The maximum absolute atomic E-state index is 14.1. The molecule has 3 aliphatic heterocycles. The molecule has 4 amide bonds. The number of carbonyl (C=O) groups is 3. The zero-order valence-corrected chi connectivity index (χ0v) is 47.7. The highest BCUT2D eigenvalue weighted by Crippen LogP contribution is 2.44. The number of rotatable bonds is 27. The number of carbonyl (C=O) groups excluding carboxylic acids is 3. The molecule has 412 valence electrons. The summed E-state index contributed by atoms with van der Waals surface area (Å²) in [6, 6.07) is 15.7. The standard InChI is InChI=1S/C57H85N7O10Si/c1-13-47-50(74-75(11,12)57(7,8)9)36-51(73-47)64-37-40(6)53(62-55(64)66)60-22-18-25-68-28-30-70-31-29-69-26-19-23-61-56(67)71-27-24-63(10)54(65)42-21-17-16-20-41(42)52-43-32-38(4)45(58-14-2)34-48(43)72-49-35-46(59-15-3)39(5)33-44(49)52/h16-17,20-21,32-35,37,47,50-51,53,58,60H,13-15,18-19,22-31,36H2,1-12H3,(H,61,67)(H,62,66)/b59-46-. The quantitative estimate of drug-likeness (QED) is 0.0252. The number of hydrogen-bond donors (Lipinski definition) is 4. The first-order valence-corrected chi connectivity index (χ1v) is 29.9. The summed E-state index contributed by atoms with van der Waals surface area (Å²) in [6.07, 6.45) is 3.50. The van der Waals surface area contributed by atoms with E-state index in [1.54, 1.807) is 16.8 Å². The van der Waals surface area contributed by atoms with Crippen molar-refractivity contribution in [3.05, 3.63) is 82.4 Å². The Hall–Kier alpha value is -5.34. The summed E-state index contributed by atoms with van der Waals surface area (Å²) in [7, 11) is -0.281. The SMILES string of the molecule is CC/N=c1/cc2oc3cc(NCC)c(C)cc3c(-c3ccccc3C(=O)N(C)CCOC(=O)NCCCOCCOCCOCCCNC3NC(=O)N(C4CC(O[Si](C)(C)C(C)(C)C)C(CC)O4)C=C3C)c-2cc1C. The van der Waals surface area contributed by atoms with Gasteiger partial charge in [0.2, 0.25) is 0 Å². The van der Waals surface area contributed by atoms with Gasteiger partial charge in [0.15, 0.2) is 8.32 Å². The largest absolute Gasteiger partial charge is 0.456 e. The fraction of sp³-hybridized carbons (Fsp3) is 0.579. The Morgan fingerprint density at radius 2 is 1.59 bits per heavy atom. The third-order valence-electron chi connectivity index (χ3n) is 14.3. The molecule has 4 aliphatic rings. The van der Waals surface area contributed by atoms with Crippen LogP contribution in [-0.4, -0.2) is 147 Å². The molecule has 17 nitrogen and oxygen atoms in total. The predicted octanol–water partition coefficient (Wildman–Crippen LogP) is 9.56. The Balaban J connectivity index is 0.827. The van der Waals surface area contributed by atoms with E-state index in [1.165, 1.54) is 0 Å². The minimum atomic E-state index is -1.99. The first-order chi connectivity index (χ1) is 35.9. The second-order valence-electron chi connectivity index (χ2n) is 21.0. The van der Waals surface area contributed by atoms with Crippen LogP contribution in [-0.2, 0) is 28.1 Å². The lowest BCUT2D eigenvalue weighted by molar-refractivity contribution is -0.0326. The number of urea groups is 1. The smallest absolute Gasteiger partial charge is 0.407 e. The van der Waals surface area contributed by atoms with Crippen LogP contribution in [0.25, 0.3) is 33.4 Å². The molecule has 4 unspecified atom stereocenters. The summed E-state index contributed by atoms with van der Waals surface area (Å²) < 4.78 is 42.2. The van der Waals surface area contributed by atoms with Crippen molar-refractivity contribution >= 4 is 43.0 Å². The molecule has 2 aromatic carbocycles. The second-order valence-corrected chi connectivity index (χ2v) is 25.7. The summed E-state index contributed by atoms with van der Waals surface area (Å²) >= 11 is 0. The van der Waals surface area contributed by atoms with E-state index in [0.29, 0.717) is 89.0 Å². The van der Waals surface area contributed by atoms with Crippen LogP contribution in [0.2, 0.25) is 18.1 Å². The lowest BCUT2D eigenvalue weighted by Crippen LogP contribution is -2.56. The first kappa shape index (κ1) is 58.9. The number of ether oxygens (including phenoxy) is 5. The van der Waals surface area contributed by atoms with Crippen LogP contribution in [0.15, 0.2) is 69.7 Å². The van der Waals surface area contributed by atoms with E-state index in [4.69, 9.17) is 32.5 Å². The minimum absolute atomic E-state index is 0.0262.